The number of aliphatic carboxylic acids is 1. The first-order valence-electron chi connectivity index (χ1n) is 9.26. The first kappa shape index (κ1) is 23.1. The molecule has 0 saturated heterocycles. The van der Waals surface area contributed by atoms with E-state index in [9.17, 15) is 15.0 Å². The maximum Gasteiger partial charge on any atom is 0.329 e. The number of aliphatic hydroxyl groups excluding tert-OH is 2. The average molecular weight is 475 g/mol. The summed E-state index contributed by atoms with van der Waals surface area (Å²) in [6.45, 7) is 1.83. The number of halogens is 1. The van der Waals surface area contributed by atoms with E-state index in [1.54, 1.807) is 23.5 Å². The average Bonchev–Trinajstić information content (AvgIpc) is 3.16. The van der Waals surface area contributed by atoms with Crippen LogP contribution in [0.2, 0.25) is 0 Å². The molecule has 1 aliphatic carbocycles. The van der Waals surface area contributed by atoms with Crippen LogP contribution in [0.3, 0.4) is 0 Å². The van der Waals surface area contributed by atoms with E-state index in [2.05, 4.69) is 28.9 Å². The van der Waals surface area contributed by atoms with E-state index in [0.29, 0.717) is 12.8 Å². The van der Waals surface area contributed by atoms with Gasteiger partial charge < -0.3 is 24.8 Å². The van der Waals surface area contributed by atoms with Crippen molar-refractivity contribution in [3.8, 4) is 0 Å². The number of carboxylic acids is 1. The number of carboxylic acid groups (broad SMARTS) is 1. The summed E-state index contributed by atoms with van der Waals surface area (Å²) in [5.74, 6) is -1.00. The van der Waals surface area contributed by atoms with E-state index in [-0.39, 0.29) is 25.2 Å². The van der Waals surface area contributed by atoms with Gasteiger partial charge in [0, 0.05) is 20.1 Å². The molecule has 1 aromatic heterocycles. The lowest BCUT2D eigenvalue weighted by molar-refractivity contribution is -0.141. The van der Waals surface area contributed by atoms with Gasteiger partial charge in [-0.15, -0.1) is 11.3 Å². The van der Waals surface area contributed by atoms with Crippen LogP contribution in [0.1, 0.15) is 29.0 Å². The fourth-order valence-corrected chi connectivity index (χ4v) is 4.69. The number of hydrogen-bond donors (Lipinski definition) is 3. The van der Waals surface area contributed by atoms with E-state index < -0.39 is 18.2 Å². The van der Waals surface area contributed by atoms with Crippen LogP contribution < -0.4 is 0 Å². The Labute approximate surface area is 177 Å². The largest absolute Gasteiger partial charge is 0.495 e. The molecule has 28 heavy (non-hydrogen) atoms. The van der Waals surface area contributed by atoms with Gasteiger partial charge in [0.1, 0.15) is 12.7 Å². The second-order valence-corrected chi connectivity index (χ2v) is 8.99. The summed E-state index contributed by atoms with van der Waals surface area (Å²) in [5, 5.41) is 28.8. The molecular formula is C20H27BrO6S. The summed E-state index contributed by atoms with van der Waals surface area (Å²) >= 11 is 5.24. The standard InChI is InChI=1S/C20H27BrO6S/c1-13-17(21)11-16(28-13)7-6-15(22)5-3-14-4-8-18(23)20(14)27-10-2-9-26-12-19(24)25/h2-3,5,10-11,14-15,18,20,22-23H,4,6-9,12H2,1H3,(H,24,25)/b5-3+,10-2-/t14-,15+,18?,20+/m0/s1. The predicted octanol–water partition coefficient (Wildman–Crippen LogP) is 3.44. The molecule has 6 nitrogen and oxygen atoms in total. The Bertz CT molecular complexity index is 667. The zero-order valence-electron chi connectivity index (χ0n) is 15.8. The Morgan fingerprint density at radius 1 is 1.46 bits per heavy atom. The van der Waals surface area contributed by atoms with Crippen molar-refractivity contribution in [3.63, 3.8) is 0 Å². The van der Waals surface area contributed by atoms with Gasteiger partial charge in [-0.25, -0.2) is 4.79 Å². The predicted molar refractivity (Wildman–Crippen MR) is 111 cm³/mol. The van der Waals surface area contributed by atoms with Crippen LogP contribution in [0.15, 0.2) is 35.0 Å². The monoisotopic (exact) mass is 474 g/mol. The molecule has 0 bridgehead atoms. The van der Waals surface area contributed by atoms with E-state index >= 15 is 0 Å². The summed E-state index contributed by atoms with van der Waals surface area (Å²) in [7, 11) is 0. The Morgan fingerprint density at radius 2 is 2.25 bits per heavy atom. The molecule has 0 aliphatic heterocycles. The van der Waals surface area contributed by atoms with Crippen molar-refractivity contribution in [2.75, 3.05) is 13.2 Å². The van der Waals surface area contributed by atoms with E-state index in [4.69, 9.17) is 14.6 Å². The maximum atomic E-state index is 10.4. The minimum atomic E-state index is -1.02. The molecule has 1 unspecified atom stereocenters. The minimum absolute atomic E-state index is 0.0207. The smallest absolute Gasteiger partial charge is 0.329 e. The molecular weight excluding hydrogens is 448 g/mol. The first-order chi connectivity index (χ1) is 13.4. The van der Waals surface area contributed by atoms with Gasteiger partial charge in [0.2, 0.25) is 0 Å². The number of ether oxygens (including phenoxy) is 2. The molecule has 0 aromatic carbocycles. The van der Waals surface area contributed by atoms with Gasteiger partial charge in [-0.3, -0.25) is 0 Å². The number of hydrogen-bond acceptors (Lipinski definition) is 6. The summed E-state index contributed by atoms with van der Waals surface area (Å²) < 4.78 is 11.6. The topological polar surface area (TPSA) is 96.2 Å². The molecule has 3 N–H and O–H groups in total. The highest BCUT2D eigenvalue weighted by Gasteiger charge is 2.34. The highest BCUT2D eigenvalue weighted by Crippen LogP contribution is 2.31. The van der Waals surface area contributed by atoms with Crippen LogP contribution in [0.25, 0.3) is 0 Å². The SMILES string of the molecule is Cc1sc(CC[C@H](O)/C=C/[C@H]2CCC(O)[C@@H]2O/C=C\COCC(=O)O)cc1Br. The van der Waals surface area contributed by atoms with Crippen molar-refractivity contribution >= 4 is 33.2 Å². The molecule has 156 valence electrons. The maximum absolute atomic E-state index is 10.4. The normalized spacial score (nSPS) is 23.6. The Balaban J connectivity index is 1.76. The first-order valence-corrected chi connectivity index (χ1v) is 10.9. The van der Waals surface area contributed by atoms with Crippen molar-refractivity contribution in [2.24, 2.45) is 5.92 Å². The Hall–Kier alpha value is -1.19. The zero-order valence-corrected chi connectivity index (χ0v) is 18.2. The summed E-state index contributed by atoms with van der Waals surface area (Å²) in [6.07, 6.45) is 8.12. The third-order valence-electron chi connectivity index (χ3n) is 4.54. The van der Waals surface area contributed by atoms with Gasteiger partial charge in [-0.1, -0.05) is 12.2 Å². The molecule has 1 fully saturated rings. The molecule has 4 atom stereocenters. The van der Waals surface area contributed by atoms with E-state index in [1.807, 2.05) is 6.08 Å². The van der Waals surface area contributed by atoms with Crippen LogP contribution in [0, 0.1) is 12.8 Å². The number of thiophene rings is 1. The van der Waals surface area contributed by atoms with Crippen molar-refractivity contribution in [1.82, 2.24) is 0 Å². The second-order valence-electron chi connectivity index (χ2n) is 6.80. The fraction of sp³-hybridized carbons (Fsp3) is 0.550. The van der Waals surface area contributed by atoms with Crippen LogP contribution in [0.5, 0.6) is 0 Å². The molecule has 0 radical (unpaired) electrons. The summed E-state index contributed by atoms with van der Waals surface area (Å²) in [6, 6.07) is 2.10. The highest BCUT2D eigenvalue weighted by molar-refractivity contribution is 9.10. The highest BCUT2D eigenvalue weighted by atomic mass is 79.9. The van der Waals surface area contributed by atoms with Crippen molar-refractivity contribution in [1.29, 1.82) is 0 Å². The van der Waals surface area contributed by atoms with Crippen molar-refractivity contribution in [2.45, 2.75) is 50.9 Å². The quantitative estimate of drug-likeness (QED) is 0.258. The number of aliphatic hydroxyl groups is 2. The molecule has 0 amide bonds. The van der Waals surface area contributed by atoms with E-state index in [1.165, 1.54) is 16.0 Å². The molecule has 8 heteroatoms. The Morgan fingerprint density at radius 3 is 2.93 bits per heavy atom. The van der Waals surface area contributed by atoms with Gasteiger partial charge in [-0.2, -0.15) is 0 Å². The fourth-order valence-electron chi connectivity index (χ4n) is 3.07. The molecule has 1 aromatic rings. The summed E-state index contributed by atoms with van der Waals surface area (Å²) in [5.41, 5.74) is 0. The lowest BCUT2D eigenvalue weighted by Gasteiger charge is -2.19. The lowest BCUT2D eigenvalue weighted by atomic mass is 10.0. The van der Waals surface area contributed by atoms with Gasteiger partial charge in [-0.05, 0) is 60.7 Å². The zero-order chi connectivity index (χ0) is 20.5. The van der Waals surface area contributed by atoms with Gasteiger partial charge in [0.05, 0.1) is 25.1 Å². The van der Waals surface area contributed by atoms with Crippen LogP contribution in [-0.2, 0) is 20.7 Å². The second kappa shape index (κ2) is 11.7. The number of rotatable bonds is 11. The van der Waals surface area contributed by atoms with Gasteiger partial charge in [0.25, 0.3) is 0 Å². The van der Waals surface area contributed by atoms with Crippen molar-refractivity contribution < 1.29 is 29.6 Å². The number of carbonyl (C=O) groups is 1. The molecule has 1 saturated carbocycles. The van der Waals surface area contributed by atoms with Crippen LogP contribution in [-0.4, -0.2) is 52.8 Å². The van der Waals surface area contributed by atoms with E-state index in [0.717, 1.165) is 17.3 Å². The Kier molecular flexibility index (Phi) is 9.67. The molecule has 1 heterocycles. The lowest BCUT2D eigenvalue weighted by Crippen LogP contribution is -2.26. The number of aryl methyl sites for hydroxylation is 2. The van der Waals surface area contributed by atoms with Crippen LogP contribution in [0.4, 0.5) is 0 Å². The van der Waals surface area contributed by atoms with Gasteiger partial charge >= 0.3 is 5.97 Å². The molecule has 0 spiro atoms. The summed E-state index contributed by atoms with van der Waals surface area (Å²) in [4.78, 5) is 12.8. The van der Waals surface area contributed by atoms with Crippen molar-refractivity contribution in [3.05, 3.63) is 44.8 Å². The third kappa shape index (κ3) is 7.67. The van der Waals surface area contributed by atoms with Crippen LogP contribution >= 0.6 is 27.3 Å². The molecule has 2 rings (SSSR count). The minimum Gasteiger partial charge on any atom is -0.495 e. The molecule has 1 aliphatic rings. The van der Waals surface area contributed by atoms with Gasteiger partial charge in [0.15, 0.2) is 0 Å². The third-order valence-corrected chi connectivity index (χ3v) is 6.74.